The lowest BCUT2D eigenvalue weighted by atomic mass is 9.98. The van der Waals surface area contributed by atoms with E-state index in [-0.39, 0.29) is 67.9 Å². The summed E-state index contributed by atoms with van der Waals surface area (Å²) in [6, 6.07) is 2.28. The fourth-order valence-corrected chi connectivity index (χ4v) is 9.50. The van der Waals surface area contributed by atoms with Gasteiger partial charge >= 0.3 is 5.69 Å². The lowest BCUT2D eigenvalue weighted by Crippen LogP contribution is -2.60. The lowest BCUT2D eigenvalue weighted by Gasteiger charge is -2.33. The molecule has 8 atom stereocenters. The number of allylic oxidation sites excluding steroid dienone is 1. The van der Waals surface area contributed by atoms with Gasteiger partial charge in [-0.1, -0.05) is 78.0 Å². The third-order valence-corrected chi connectivity index (χ3v) is 13.8. The number of para-hydroxylation sites is 1. The second kappa shape index (κ2) is 24.9. The average Bonchev–Trinajstić information content (AvgIpc) is 4.14. The van der Waals surface area contributed by atoms with Gasteiger partial charge in [-0.3, -0.25) is 43.7 Å². The number of rotatable bonds is 15. The predicted molar refractivity (Wildman–Crippen MR) is 279 cm³/mol. The highest BCUT2D eigenvalue weighted by molar-refractivity contribution is 5.99. The maximum atomic E-state index is 15.3. The van der Waals surface area contributed by atoms with Crippen LogP contribution in [0.4, 0.5) is 5.69 Å². The van der Waals surface area contributed by atoms with E-state index in [0.717, 1.165) is 23.0 Å². The summed E-state index contributed by atoms with van der Waals surface area (Å²) in [6.45, 7) is 19.0. The Morgan fingerprint density at radius 2 is 1.26 bits per heavy atom. The van der Waals surface area contributed by atoms with Crippen LogP contribution >= 0.6 is 0 Å². The monoisotopic (exact) mass is 1030 g/mol. The van der Waals surface area contributed by atoms with Crippen molar-refractivity contribution in [1.82, 2.24) is 41.0 Å². The maximum Gasteiger partial charge on any atom is 0.310 e. The van der Waals surface area contributed by atoms with Crippen LogP contribution in [0.5, 0.6) is 5.75 Å². The molecule has 7 amide bonds. The van der Waals surface area contributed by atoms with Crippen LogP contribution in [0.1, 0.15) is 106 Å². The Morgan fingerprint density at radius 3 is 1.82 bits per heavy atom. The fraction of sp³-hybridized carbons (Fsp3) is 0.574. The molecule has 3 aromatic rings. The smallest absolute Gasteiger partial charge is 0.310 e. The summed E-state index contributed by atoms with van der Waals surface area (Å²) < 4.78 is 7.85. The van der Waals surface area contributed by atoms with Crippen molar-refractivity contribution in [2.45, 2.75) is 162 Å². The van der Waals surface area contributed by atoms with Crippen LogP contribution in [0.2, 0.25) is 0 Å². The molecule has 1 aromatic heterocycles. The van der Waals surface area contributed by atoms with E-state index in [1.807, 2.05) is 72.0 Å². The van der Waals surface area contributed by atoms with Gasteiger partial charge in [0.05, 0.1) is 17.1 Å². The van der Waals surface area contributed by atoms with Crippen LogP contribution in [0, 0.1) is 27.9 Å². The third kappa shape index (κ3) is 14.5. The number of nitro groups is 1. The molecule has 20 heteroatoms. The van der Waals surface area contributed by atoms with Gasteiger partial charge < -0.3 is 50.8 Å². The number of benzene rings is 2. The van der Waals surface area contributed by atoms with Gasteiger partial charge in [-0.2, -0.15) is 0 Å². The Balaban J connectivity index is 1.68. The molecule has 0 aliphatic carbocycles. The fourth-order valence-electron chi connectivity index (χ4n) is 9.50. The van der Waals surface area contributed by atoms with Crippen molar-refractivity contribution < 1.29 is 48.3 Å². The first-order valence-electron chi connectivity index (χ1n) is 25.6. The number of hydrogen-bond donors (Lipinski definition) is 6. The molecule has 404 valence electrons. The normalized spacial score (nSPS) is 24.5. The second-order valence-corrected chi connectivity index (χ2v) is 21.6. The molecule has 2 fully saturated rings. The number of phenolic OH excluding ortho intramolecular Hbond substituents is 1. The zero-order valence-electron chi connectivity index (χ0n) is 44.9. The summed E-state index contributed by atoms with van der Waals surface area (Å²) in [7, 11) is 2.85. The van der Waals surface area contributed by atoms with Crippen LogP contribution < -0.4 is 26.6 Å². The Kier molecular flexibility index (Phi) is 19.6. The van der Waals surface area contributed by atoms with Gasteiger partial charge in [0.15, 0.2) is 5.75 Å². The molecule has 3 heterocycles. The molecular weight excluding hydrogens is 951 g/mol. The molecule has 74 heavy (non-hydrogen) atoms. The number of carbonyl (C=O) groups excluding carboxylic acids is 7. The Bertz CT molecular complexity index is 2590. The molecule has 5 rings (SSSR count). The molecule has 0 saturated carbocycles. The molecule has 2 aliphatic heterocycles. The minimum Gasteiger partial charge on any atom is -0.502 e. The topological polar surface area (TPSA) is 267 Å². The highest BCUT2D eigenvalue weighted by atomic mass is 16.6. The number of aromatic hydroxyl groups is 1. The van der Waals surface area contributed by atoms with Crippen molar-refractivity contribution in [3.63, 3.8) is 0 Å². The molecule has 2 unspecified atom stereocenters. The number of ether oxygens (including phenoxy) is 1. The van der Waals surface area contributed by atoms with E-state index < -0.39 is 106 Å². The summed E-state index contributed by atoms with van der Waals surface area (Å²) >= 11 is 0. The SMILES string of the molecule is C/C=C/CC1NC(=O)[C@H](CC(C)C)NC(=O)[C@H](CC(C)C)N(C)C(=O)[C@H](C)NC(=O)[C@H](Cc2ccc(O)c([N+](=O)[O-])c2)NC(=O)[C@H](CC(C)C)N(C)C(=O)[C@H](Cc2cn(C(C)(C)C3CO3)c3ccccc23)NC1=O. The standard InChI is InChI=1S/C54H77N9O11/c1-13-14-18-37-47(65)59-40(27-35-28-62(54(9,10)46-29-74-46)41-19-16-15-17-36(35)41)53(71)61(12)44(24-32(6)7)51(69)58-39(25-34-20-21-45(64)42(26-34)63(72)73)48(66)55-33(8)52(70)60(11)43(23-31(4)5)50(68)57-38(22-30(2)3)49(67)56-37/h13-17,19-21,26,28,30-33,37-40,43-44,46,64H,18,22-25,27,29H2,1-12H3,(H,55,66)(H,56,67)(H,57,68)(H,58,69)(H,59,65)/b14-13+/t33-,37?,38-,39-,40-,43-,44-,46?/m0/s1. The lowest BCUT2D eigenvalue weighted by molar-refractivity contribution is -0.385. The van der Waals surface area contributed by atoms with Gasteiger partial charge in [0.25, 0.3) is 0 Å². The predicted octanol–water partition coefficient (Wildman–Crippen LogP) is 4.39. The Morgan fingerprint density at radius 1 is 0.730 bits per heavy atom. The number of amides is 7. The summed E-state index contributed by atoms with van der Waals surface area (Å²) in [6.07, 6.45) is 5.31. The zero-order valence-corrected chi connectivity index (χ0v) is 44.9. The summed E-state index contributed by atoms with van der Waals surface area (Å²) in [5.41, 5.74) is 0.618. The number of fused-ring (bicyclic) bond motifs is 1. The molecule has 6 N–H and O–H groups in total. The number of phenols is 1. The number of nitrogens with one attached hydrogen (secondary N) is 5. The Hall–Kier alpha value is -6.83. The van der Waals surface area contributed by atoms with Crippen LogP contribution in [-0.4, -0.2) is 135 Å². The van der Waals surface area contributed by atoms with E-state index in [0.29, 0.717) is 12.2 Å². The number of nitro benzene ring substituents is 1. The molecule has 2 saturated heterocycles. The minimum absolute atomic E-state index is 0.0120. The molecule has 20 nitrogen and oxygen atoms in total. The van der Waals surface area contributed by atoms with E-state index in [9.17, 15) is 44.0 Å². The van der Waals surface area contributed by atoms with Crippen molar-refractivity contribution >= 4 is 57.9 Å². The Labute approximate surface area is 433 Å². The first-order chi connectivity index (χ1) is 34.7. The van der Waals surface area contributed by atoms with E-state index in [4.69, 9.17) is 4.74 Å². The van der Waals surface area contributed by atoms with Crippen molar-refractivity contribution in [3.8, 4) is 5.75 Å². The van der Waals surface area contributed by atoms with Gasteiger partial charge in [0.1, 0.15) is 48.4 Å². The van der Waals surface area contributed by atoms with Crippen molar-refractivity contribution in [2.24, 2.45) is 17.8 Å². The van der Waals surface area contributed by atoms with Crippen LogP contribution in [0.3, 0.4) is 0 Å². The first-order valence-corrected chi connectivity index (χ1v) is 25.6. The van der Waals surface area contributed by atoms with Gasteiger partial charge in [-0.15, -0.1) is 0 Å². The molecular formula is C54H77N9O11. The average molecular weight is 1030 g/mol. The van der Waals surface area contributed by atoms with E-state index >= 15 is 4.79 Å². The molecule has 0 spiro atoms. The summed E-state index contributed by atoms with van der Waals surface area (Å²) in [5.74, 6) is -6.05. The van der Waals surface area contributed by atoms with Crippen molar-refractivity contribution in [2.75, 3.05) is 20.7 Å². The van der Waals surface area contributed by atoms with E-state index in [1.165, 1.54) is 36.9 Å². The molecule has 2 aliphatic rings. The van der Waals surface area contributed by atoms with Crippen LogP contribution in [0.15, 0.2) is 60.8 Å². The van der Waals surface area contributed by atoms with E-state index in [2.05, 4.69) is 45.0 Å². The quantitative estimate of drug-likeness (QED) is 0.0538. The summed E-state index contributed by atoms with van der Waals surface area (Å²) in [5, 5.41) is 37.0. The number of likely N-dealkylation sites (N-methyl/N-ethyl adjacent to an activating group) is 2. The molecule has 2 aromatic carbocycles. The highest BCUT2D eigenvalue weighted by Crippen LogP contribution is 2.36. The third-order valence-electron chi connectivity index (χ3n) is 13.8. The first kappa shape index (κ1) is 58.1. The van der Waals surface area contributed by atoms with Crippen molar-refractivity contribution in [1.29, 1.82) is 0 Å². The van der Waals surface area contributed by atoms with Gasteiger partial charge in [-0.05, 0) is 94.4 Å². The van der Waals surface area contributed by atoms with Gasteiger partial charge in [0, 0.05) is 50.1 Å². The van der Waals surface area contributed by atoms with Gasteiger partial charge in [0.2, 0.25) is 41.4 Å². The van der Waals surface area contributed by atoms with Gasteiger partial charge in [-0.25, -0.2) is 0 Å². The minimum atomic E-state index is -1.50. The number of carbonyl (C=O) groups is 7. The number of hydrogen-bond acceptors (Lipinski definition) is 11. The maximum absolute atomic E-state index is 15.3. The largest absolute Gasteiger partial charge is 0.502 e. The summed E-state index contributed by atoms with van der Waals surface area (Å²) in [4.78, 5) is 116. The van der Waals surface area contributed by atoms with E-state index in [1.54, 1.807) is 19.1 Å². The second-order valence-electron chi connectivity index (χ2n) is 21.6. The zero-order chi connectivity index (χ0) is 54.9. The number of aromatic nitrogens is 1. The number of nitrogens with zero attached hydrogens (tertiary/aromatic N) is 4. The highest BCUT2D eigenvalue weighted by Gasteiger charge is 2.43. The molecule has 0 radical (unpaired) electrons. The number of epoxide rings is 1. The molecule has 0 bridgehead atoms. The van der Waals surface area contributed by atoms with Crippen LogP contribution in [-0.2, 0) is 56.7 Å². The van der Waals surface area contributed by atoms with Crippen molar-refractivity contribution in [3.05, 3.63) is 82.1 Å². The van der Waals surface area contributed by atoms with Crippen LogP contribution in [0.25, 0.3) is 10.9 Å².